The molecule has 0 saturated carbocycles. The monoisotopic (exact) mass is 145 g/mol. The molecule has 0 spiro atoms. The van der Waals surface area contributed by atoms with Crippen LogP contribution in [0.3, 0.4) is 0 Å². The van der Waals surface area contributed by atoms with Gasteiger partial charge >= 0.3 is 0 Å². The van der Waals surface area contributed by atoms with Crippen molar-refractivity contribution in [3.05, 3.63) is 0 Å². The summed E-state index contributed by atoms with van der Waals surface area (Å²) in [4.78, 5) is 0. The lowest BCUT2D eigenvalue weighted by Crippen LogP contribution is -2.45. The number of ether oxygens (including phenoxy) is 1. The molecule has 1 aliphatic rings. The van der Waals surface area contributed by atoms with Gasteiger partial charge < -0.3 is 15.2 Å². The van der Waals surface area contributed by atoms with Crippen LogP contribution in [0.15, 0.2) is 0 Å². The van der Waals surface area contributed by atoms with E-state index < -0.39 is 0 Å². The van der Waals surface area contributed by atoms with Gasteiger partial charge in [-0.2, -0.15) is 0 Å². The predicted molar refractivity (Wildman–Crippen MR) is 38.9 cm³/mol. The van der Waals surface area contributed by atoms with Gasteiger partial charge in [-0.25, -0.2) is 0 Å². The highest BCUT2D eigenvalue weighted by Gasteiger charge is 2.19. The molecule has 0 aliphatic carbocycles. The fourth-order valence-corrected chi connectivity index (χ4v) is 1.12. The first kappa shape index (κ1) is 7.98. The Bertz CT molecular complexity index is 87.6. The van der Waals surface area contributed by atoms with Crippen LogP contribution >= 0.6 is 0 Å². The van der Waals surface area contributed by atoms with Crippen molar-refractivity contribution in [2.45, 2.75) is 25.6 Å². The highest BCUT2D eigenvalue weighted by atomic mass is 16.5. The average Bonchev–Trinajstić information content (AvgIpc) is 2.05. The zero-order chi connectivity index (χ0) is 7.40. The number of rotatable bonds is 2. The van der Waals surface area contributed by atoms with Crippen molar-refractivity contribution in [3.8, 4) is 0 Å². The summed E-state index contributed by atoms with van der Waals surface area (Å²) >= 11 is 0. The number of hydrogen-bond donors (Lipinski definition) is 2. The summed E-state index contributed by atoms with van der Waals surface area (Å²) in [6, 6.07) is 0. The van der Waals surface area contributed by atoms with Gasteiger partial charge in [-0.15, -0.1) is 0 Å². The van der Waals surface area contributed by atoms with Crippen LogP contribution < -0.4 is 5.32 Å². The minimum Gasteiger partial charge on any atom is -0.394 e. The average molecular weight is 145 g/mol. The Morgan fingerprint density at radius 1 is 1.50 bits per heavy atom. The third-order valence-electron chi connectivity index (χ3n) is 1.79. The third-order valence-corrected chi connectivity index (χ3v) is 1.79. The zero-order valence-corrected chi connectivity index (χ0v) is 6.34. The standard InChI is InChI=1S/C7H15NO2/c1-2-6-3-8-4-7(5-9)10-6/h6-9H,2-5H2,1H3. The van der Waals surface area contributed by atoms with E-state index in [4.69, 9.17) is 9.84 Å². The Labute approximate surface area is 61.4 Å². The number of aliphatic hydroxyl groups is 1. The quantitative estimate of drug-likeness (QED) is 0.563. The lowest BCUT2D eigenvalue weighted by molar-refractivity contribution is -0.0611. The molecule has 0 aromatic heterocycles. The summed E-state index contributed by atoms with van der Waals surface area (Å²) in [6.45, 7) is 3.93. The van der Waals surface area contributed by atoms with Gasteiger partial charge in [-0.1, -0.05) is 6.92 Å². The van der Waals surface area contributed by atoms with Crippen LogP contribution in [0.1, 0.15) is 13.3 Å². The second-order valence-corrected chi connectivity index (χ2v) is 2.63. The van der Waals surface area contributed by atoms with Crippen molar-refractivity contribution >= 4 is 0 Å². The molecule has 3 heteroatoms. The van der Waals surface area contributed by atoms with E-state index >= 15 is 0 Å². The minimum atomic E-state index is 0.0127. The minimum absolute atomic E-state index is 0.0127. The van der Waals surface area contributed by atoms with Crippen LogP contribution in [-0.4, -0.2) is 37.0 Å². The Morgan fingerprint density at radius 3 is 2.80 bits per heavy atom. The summed E-state index contributed by atoms with van der Waals surface area (Å²) in [6.07, 6.45) is 1.33. The Balaban J connectivity index is 2.25. The van der Waals surface area contributed by atoms with E-state index in [2.05, 4.69) is 12.2 Å². The number of morpholine rings is 1. The summed E-state index contributed by atoms with van der Waals surface area (Å²) in [5, 5.41) is 11.9. The molecule has 0 aromatic carbocycles. The molecule has 1 aliphatic heterocycles. The summed E-state index contributed by atoms with van der Waals surface area (Å²) in [5.74, 6) is 0. The maximum Gasteiger partial charge on any atom is 0.0934 e. The molecular formula is C7H15NO2. The van der Waals surface area contributed by atoms with E-state index in [-0.39, 0.29) is 12.7 Å². The lowest BCUT2D eigenvalue weighted by atomic mass is 10.2. The van der Waals surface area contributed by atoms with Crippen molar-refractivity contribution in [3.63, 3.8) is 0 Å². The van der Waals surface area contributed by atoms with Crippen LogP contribution in [0.4, 0.5) is 0 Å². The molecule has 1 heterocycles. The van der Waals surface area contributed by atoms with Crippen LogP contribution in [0.5, 0.6) is 0 Å². The van der Waals surface area contributed by atoms with Gasteiger partial charge in [-0.3, -0.25) is 0 Å². The molecule has 0 radical (unpaired) electrons. The Hall–Kier alpha value is -0.120. The molecule has 0 aromatic rings. The van der Waals surface area contributed by atoms with Crippen LogP contribution in [0, 0.1) is 0 Å². The highest BCUT2D eigenvalue weighted by Crippen LogP contribution is 2.05. The van der Waals surface area contributed by atoms with E-state index in [1.807, 2.05) is 0 Å². The first-order chi connectivity index (χ1) is 4.86. The number of hydrogen-bond acceptors (Lipinski definition) is 3. The fourth-order valence-electron chi connectivity index (χ4n) is 1.12. The van der Waals surface area contributed by atoms with Crippen LogP contribution in [0.25, 0.3) is 0 Å². The van der Waals surface area contributed by atoms with Crippen molar-refractivity contribution in [1.29, 1.82) is 0 Å². The SMILES string of the molecule is CCC1CNCC(CO)O1. The van der Waals surface area contributed by atoms with Gasteiger partial charge in [0, 0.05) is 13.1 Å². The van der Waals surface area contributed by atoms with E-state index in [9.17, 15) is 0 Å². The second kappa shape index (κ2) is 3.91. The summed E-state index contributed by atoms with van der Waals surface area (Å²) < 4.78 is 5.47. The maximum absolute atomic E-state index is 8.74. The van der Waals surface area contributed by atoms with Gasteiger partial charge in [0.25, 0.3) is 0 Å². The summed E-state index contributed by atoms with van der Waals surface area (Å²) in [5.41, 5.74) is 0. The molecule has 2 atom stereocenters. The number of aliphatic hydroxyl groups excluding tert-OH is 1. The van der Waals surface area contributed by atoms with Gasteiger partial charge in [0.2, 0.25) is 0 Å². The second-order valence-electron chi connectivity index (χ2n) is 2.63. The van der Waals surface area contributed by atoms with Gasteiger partial charge in [0.05, 0.1) is 18.8 Å². The maximum atomic E-state index is 8.74. The van der Waals surface area contributed by atoms with Crippen molar-refractivity contribution in [2.75, 3.05) is 19.7 Å². The molecule has 2 unspecified atom stereocenters. The molecule has 60 valence electrons. The van der Waals surface area contributed by atoms with Crippen LogP contribution in [0.2, 0.25) is 0 Å². The molecule has 1 saturated heterocycles. The van der Waals surface area contributed by atoms with E-state index in [1.165, 1.54) is 0 Å². The molecule has 3 nitrogen and oxygen atoms in total. The predicted octanol–water partition coefficient (Wildman–Crippen LogP) is -0.254. The normalized spacial score (nSPS) is 34.2. The first-order valence-electron chi connectivity index (χ1n) is 3.83. The molecule has 10 heavy (non-hydrogen) atoms. The third kappa shape index (κ3) is 1.94. The molecule has 1 rings (SSSR count). The van der Waals surface area contributed by atoms with Gasteiger partial charge in [0.15, 0.2) is 0 Å². The zero-order valence-electron chi connectivity index (χ0n) is 6.34. The van der Waals surface area contributed by atoms with Gasteiger partial charge in [-0.05, 0) is 6.42 Å². The molecule has 0 bridgehead atoms. The molecule has 0 amide bonds. The van der Waals surface area contributed by atoms with Crippen molar-refractivity contribution in [2.24, 2.45) is 0 Å². The van der Waals surface area contributed by atoms with Crippen LogP contribution in [-0.2, 0) is 4.74 Å². The van der Waals surface area contributed by atoms with Crippen molar-refractivity contribution < 1.29 is 9.84 Å². The summed E-state index contributed by atoms with van der Waals surface area (Å²) in [7, 11) is 0. The molecular weight excluding hydrogens is 130 g/mol. The molecule has 1 fully saturated rings. The Kier molecular flexibility index (Phi) is 3.12. The smallest absolute Gasteiger partial charge is 0.0934 e. The van der Waals surface area contributed by atoms with E-state index in [1.54, 1.807) is 0 Å². The van der Waals surface area contributed by atoms with E-state index in [0.717, 1.165) is 19.5 Å². The van der Waals surface area contributed by atoms with E-state index in [0.29, 0.717) is 6.10 Å². The first-order valence-corrected chi connectivity index (χ1v) is 3.83. The Morgan fingerprint density at radius 2 is 2.20 bits per heavy atom. The number of nitrogens with one attached hydrogen (secondary N) is 1. The largest absolute Gasteiger partial charge is 0.394 e. The topological polar surface area (TPSA) is 41.5 Å². The van der Waals surface area contributed by atoms with Crippen molar-refractivity contribution in [1.82, 2.24) is 5.32 Å². The molecule has 2 N–H and O–H groups in total. The van der Waals surface area contributed by atoms with Gasteiger partial charge in [0.1, 0.15) is 0 Å². The highest BCUT2D eigenvalue weighted by molar-refractivity contribution is 4.72. The lowest BCUT2D eigenvalue weighted by Gasteiger charge is -2.28. The fraction of sp³-hybridized carbons (Fsp3) is 1.00.